The fraction of sp³-hybridized carbons (Fsp3) is 0.0714. The topological polar surface area (TPSA) is 80.0 Å². The van der Waals surface area contributed by atoms with Gasteiger partial charge in [0.2, 0.25) is 0 Å². The number of nitrogens with one attached hydrogen (secondary N) is 2. The van der Waals surface area contributed by atoms with Gasteiger partial charge in [-0.1, -0.05) is 23.4 Å². The fourth-order valence-corrected chi connectivity index (χ4v) is 1.96. The van der Waals surface area contributed by atoms with E-state index in [9.17, 15) is 4.79 Å². The van der Waals surface area contributed by atoms with Gasteiger partial charge >= 0.3 is 0 Å². The second-order valence-electron chi connectivity index (χ2n) is 4.19. The molecule has 100 valence electrons. The molecule has 1 aromatic carbocycles. The first kappa shape index (κ1) is 12.2. The first-order valence-electron chi connectivity index (χ1n) is 6.06. The van der Waals surface area contributed by atoms with E-state index < -0.39 is 0 Å². The fourth-order valence-electron chi connectivity index (χ4n) is 1.96. The highest BCUT2D eigenvalue weighted by atomic mass is 16.5. The number of nitrogens with zero attached hydrogens (tertiary/aromatic N) is 2. The van der Waals surface area contributed by atoms with Gasteiger partial charge in [0.25, 0.3) is 5.91 Å². The molecule has 6 nitrogen and oxygen atoms in total. The maximum Gasteiger partial charge on any atom is 0.256 e. The Kier molecular flexibility index (Phi) is 3.04. The summed E-state index contributed by atoms with van der Waals surface area (Å²) < 4.78 is 4.69. The summed E-state index contributed by atoms with van der Waals surface area (Å²) in [6.45, 7) is 0. The maximum atomic E-state index is 12.4. The number of hydrogen-bond donors (Lipinski definition) is 2. The van der Waals surface area contributed by atoms with Crippen LogP contribution in [0.15, 0.2) is 47.3 Å². The van der Waals surface area contributed by atoms with E-state index in [1.165, 1.54) is 12.5 Å². The van der Waals surface area contributed by atoms with Crippen molar-refractivity contribution in [2.24, 2.45) is 0 Å². The van der Waals surface area contributed by atoms with Crippen molar-refractivity contribution in [3.63, 3.8) is 0 Å². The lowest BCUT2D eigenvalue weighted by Crippen LogP contribution is -2.13. The first-order chi connectivity index (χ1) is 9.78. The van der Waals surface area contributed by atoms with Crippen LogP contribution in [0.3, 0.4) is 0 Å². The lowest BCUT2D eigenvalue weighted by atomic mass is 10.1. The molecule has 1 amide bonds. The number of aromatic nitrogens is 2. The van der Waals surface area contributed by atoms with Crippen molar-refractivity contribution in [3.8, 4) is 0 Å². The zero-order valence-electron chi connectivity index (χ0n) is 10.8. The van der Waals surface area contributed by atoms with E-state index in [0.717, 1.165) is 10.9 Å². The van der Waals surface area contributed by atoms with Gasteiger partial charge in [-0.3, -0.25) is 4.79 Å². The summed E-state index contributed by atoms with van der Waals surface area (Å²) in [4.78, 5) is 16.8. The van der Waals surface area contributed by atoms with Gasteiger partial charge in [0.1, 0.15) is 17.8 Å². The molecule has 2 N–H and O–H groups in total. The number of carbonyl (C=O) groups is 1. The minimum atomic E-state index is -0.233. The summed E-state index contributed by atoms with van der Waals surface area (Å²) in [6.07, 6.45) is 2.82. The van der Waals surface area contributed by atoms with Crippen molar-refractivity contribution in [1.29, 1.82) is 0 Å². The number of pyridine rings is 1. The van der Waals surface area contributed by atoms with Crippen LogP contribution in [0.25, 0.3) is 10.9 Å². The Morgan fingerprint density at radius 3 is 2.90 bits per heavy atom. The molecule has 0 saturated carbocycles. The highest BCUT2D eigenvalue weighted by molar-refractivity contribution is 6.12. The monoisotopic (exact) mass is 268 g/mol. The van der Waals surface area contributed by atoms with Crippen LogP contribution in [0.4, 0.5) is 11.5 Å². The van der Waals surface area contributed by atoms with Crippen LogP contribution in [0.1, 0.15) is 10.4 Å². The molecule has 2 aromatic heterocycles. The normalized spacial score (nSPS) is 10.4. The summed E-state index contributed by atoms with van der Waals surface area (Å²) in [6, 6.07) is 9.21. The van der Waals surface area contributed by atoms with Crippen LogP contribution in [0, 0.1) is 0 Å². The molecule has 3 aromatic rings. The van der Waals surface area contributed by atoms with E-state index in [-0.39, 0.29) is 5.91 Å². The Labute approximate surface area is 114 Å². The van der Waals surface area contributed by atoms with Gasteiger partial charge in [-0.15, -0.1) is 0 Å². The van der Waals surface area contributed by atoms with E-state index in [1.54, 1.807) is 13.1 Å². The molecule has 0 spiro atoms. The summed E-state index contributed by atoms with van der Waals surface area (Å²) in [5.41, 5.74) is 1.82. The molecule has 0 aliphatic heterocycles. The molecule has 0 aliphatic rings. The highest BCUT2D eigenvalue weighted by Gasteiger charge is 2.13. The molecule has 2 heterocycles. The van der Waals surface area contributed by atoms with Gasteiger partial charge in [-0.05, 0) is 12.1 Å². The Balaban J connectivity index is 2.07. The molecule has 0 bridgehead atoms. The third kappa shape index (κ3) is 2.18. The Bertz CT molecular complexity index is 753. The lowest BCUT2D eigenvalue weighted by Gasteiger charge is -2.08. The maximum absolute atomic E-state index is 12.4. The molecular weight excluding hydrogens is 256 g/mol. The molecule has 0 atom stereocenters. The standard InChI is InChI=1S/C14H12N4O2/c1-15-13-6-11(10-4-2-3-5-12(10)18-13)14(19)17-9-7-16-20-8-9/h2-8H,1H3,(H,15,18)(H,17,19). The number of benzene rings is 1. The largest absolute Gasteiger partial charge is 0.373 e. The van der Waals surface area contributed by atoms with E-state index in [0.29, 0.717) is 17.1 Å². The molecule has 0 radical (unpaired) electrons. The summed E-state index contributed by atoms with van der Waals surface area (Å²) in [5, 5.41) is 10.0. The SMILES string of the molecule is CNc1cc(C(=O)Nc2cnoc2)c2ccccc2n1. The van der Waals surface area contributed by atoms with Gasteiger partial charge in [0, 0.05) is 12.4 Å². The number of fused-ring (bicyclic) bond motifs is 1. The Hall–Kier alpha value is -2.89. The van der Waals surface area contributed by atoms with E-state index in [2.05, 4.69) is 20.8 Å². The van der Waals surface area contributed by atoms with Crippen LogP contribution in [-0.4, -0.2) is 23.1 Å². The highest BCUT2D eigenvalue weighted by Crippen LogP contribution is 2.21. The minimum absolute atomic E-state index is 0.233. The van der Waals surface area contributed by atoms with Crippen molar-refractivity contribution < 1.29 is 9.32 Å². The zero-order valence-corrected chi connectivity index (χ0v) is 10.8. The quantitative estimate of drug-likeness (QED) is 0.763. The molecule has 3 rings (SSSR count). The molecule has 0 saturated heterocycles. The number of carbonyl (C=O) groups excluding carboxylic acids is 1. The van der Waals surface area contributed by atoms with Crippen LogP contribution in [-0.2, 0) is 0 Å². The number of para-hydroxylation sites is 1. The molecular formula is C14H12N4O2. The molecule has 0 aliphatic carbocycles. The van der Waals surface area contributed by atoms with Crippen molar-refractivity contribution >= 4 is 28.3 Å². The summed E-state index contributed by atoms with van der Waals surface area (Å²) >= 11 is 0. The summed E-state index contributed by atoms with van der Waals surface area (Å²) in [7, 11) is 1.76. The average Bonchev–Trinajstić information content (AvgIpc) is 2.98. The minimum Gasteiger partial charge on any atom is -0.373 e. The molecule has 0 fully saturated rings. The van der Waals surface area contributed by atoms with Crippen LogP contribution in [0.2, 0.25) is 0 Å². The smallest absolute Gasteiger partial charge is 0.256 e. The number of anilines is 2. The van der Waals surface area contributed by atoms with Crippen molar-refractivity contribution in [2.45, 2.75) is 0 Å². The predicted octanol–water partition coefficient (Wildman–Crippen LogP) is 2.52. The predicted molar refractivity (Wildman–Crippen MR) is 75.7 cm³/mol. The van der Waals surface area contributed by atoms with Gasteiger partial charge in [-0.25, -0.2) is 4.98 Å². The van der Waals surface area contributed by atoms with Crippen molar-refractivity contribution in [2.75, 3.05) is 17.7 Å². The van der Waals surface area contributed by atoms with Crippen LogP contribution >= 0.6 is 0 Å². The van der Waals surface area contributed by atoms with Crippen molar-refractivity contribution in [3.05, 3.63) is 48.4 Å². The summed E-state index contributed by atoms with van der Waals surface area (Å²) in [5.74, 6) is 0.405. The second-order valence-corrected chi connectivity index (χ2v) is 4.19. The average molecular weight is 268 g/mol. The molecule has 0 unspecified atom stereocenters. The molecule has 20 heavy (non-hydrogen) atoms. The van der Waals surface area contributed by atoms with E-state index >= 15 is 0 Å². The van der Waals surface area contributed by atoms with Gasteiger partial charge in [0.05, 0.1) is 17.3 Å². The Morgan fingerprint density at radius 2 is 2.15 bits per heavy atom. The van der Waals surface area contributed by atoms with Gasteiger partial charge in [0.15, 0.2) is 0 Å². The third-order valence-corrected chi connectivity index (χ3v) is 2.91. The zero-order chi connectivity index (χ0) is 13.9. The number of rotatable bonds is 3. The van der Waals surface area contributed by atoms with Gasteiger partial charge < -0.3 is 15.2 Å². The van der Waals surface area contributed by atoms with Crippen molar-refractivity contribution in [1.82, 2.24) is 10.1 Å². The van der Waals surface area contributed by atoms with Crippen LogP contribution in [0.5, 0.6) is 0 Å². The first-order valence-corrected chi connectivity index (χ1v) is 6.06. The number of hydrogen-bond acceptors (Lipinski definition) is 5. The lowest BCUT2D eigenvalue weighted by molar-refractivity contribution is 0.102. The van der Waals surface area contributed by atoms with Gasteiger partial charge in [-0.2, -0.15) is 0 Å². The molecule has 6 heteroatoms. The second kappa shape index (κ2) is 5.00. The van der Waals surface area contributed by atoms with Crippen LogP contribution < -0.4 is 10.6 Å². The van der Waals surface area contributed by atoms with E-state index in [4.69, 9.17) is 4.52 Å². The third-order valence-electron chi connectivity index (χ3n) is 2.91. The Morgan fingerprint density at radius 1 is 1.30 bits per heavy atom. The van der Waals surface area contributed by atoms with E-state index in [1.807, 2.05) is 24.3 Å². The number of amides is 1.